The Morgan fingerprint density at radius 1 is 1.79 bits per heavy atom. The van der Waals surface area contributed by atoms with Crippen molar-refractivity contribution in [3.63, 3.8) is 0 Å². The largest absolute Gasteiger partial charge is 0.550 e. The number of aliphatic carboxylic acids is 1. The molecule has 3 N–H and O–H groups in total. The van der Waals surface area contributed by atoms with Crippen LogP contribution in [0, 0.1) is 0 Å². The summed E-state index contributed by atoms with van der Waals surface area (Å²) in [5, 5.41) is 21.9. The Bertz CT molecular complexity index is 205. The second-order valence-electron chi connectivity index (χ2n) is 3.93. The monoisotopic (exact) mass is 203 g/mol. The lowest BCUT2D eigenvalue weighted by Gasteiger charge is -2.34. The summed E-state index contributed by atoms with van der Waals surface area (Å²) >= 11 is 0. The van der Waals surface area contributed by atoms with E-state index >= 15 is 0 Å². The Labute approximate surface area is 83.1 Å². The number of hydrogen-bond donors (Lipinski definition) is 2. The molecular formula is C9H17NO4. The number of carbonyl (C=O) groups is 1. The summed E-state index contributed by atoms with van der Waals surface area (Å²) < 4.78 is 5.22. The molecule has 0 radical (unpaired) electrons. The molecule has 1 aliphatic heterocycles. The van der Waals surface area contributed by atoms with Crippen LogP contribution in [0.4, 0.5) is 0 Å². The maximum atomic E-state index is 10.2. The van der Waals surface area contributed by atoms with Gasteiger partial charge in [0.2, 0.25) is 0 Å². The predicted molar refractivity (Wildman–Crippen MR) is 46.3 cm³/mol. The third-order valence-electron chi connectivity index (χ3n) is 2.65. The summed E-state index contributed by atoms with van der Waals surface area (Å²) in [5.41, 5.74) is -0.760. The molecular weight excluding hydrogens is 186 g/mol. The van der Waals surface area contributed by atoms with E-state index in [1.165, 1.54) is 0 Å². The number of carbonyl (C=O) groups excluding carboxylic acids is 1. The van der Waals surface area contributed by atoms with Crippen molar-refractivity contribution in [2.45, 2.75) is 31.4 Å². The van der Waals surface area contributed by atoms with Crippen LogP contribution >= 0.6 is 0 Å². The Hall–Kier alpha value is -0.650. The van der Waals surface area contributed by atoms with Crippen molar-refractivity contribution >= 4 is 5.97 Å². The number of nitrogens with two attached hydrogens (primary N) is 1. The molecule has 1 fully saturated rings. The molecule has 0 bridgehead atoms. The summed E-state index contributed by atoms with van der Waals surface area (Å²) in [7, 11) is 0. The van der Waals surface area contributed by atoms with E-state index in [-0.39, 0.29) is 12.5 Å². The highest BCUT2D eigenvalue weighted by molar-refractivity contribution is 5.64. The lowest BCUT2D eigenvalue weighted by molar-refractivity contribution is -0.707. The van der Waals surface area contributed by atoms with Crippen LogP contribution in [0.25, 0.3) is 0 Å². The minimum absolute atomic E-state index is 0.00653. The fraction of sp³-hybridized carbons (Fsp3) is 0.889. The maximum Gasteiger partial charge on any atom is 0.138 e. The SMILES string of the molecule is C[C@]1(O)CCOC[C@@H]1[NH2+]CCC(=O)[O-]. The minimum atomic E-state index is -1.06. The zero-order valence-electron chi connectivity index (χ0n) is 8.36. The highest BCUT2D eigenvalue weighted by atomic mass is 16.5. The third kappa shape index (κ3) is 3.25. The molecule has 0 saturated carbocycles. The van der Waals surface area contributed by atoms with Gasteiger partial charge in [-0.05, 0) is 6.92 Å². The molecule has 14 heavy (non-hydrogen) atoms. The third-order valence-corrected chi connectivity index (χ3v) is 2.65. The van der Waals surface area contributed by atoms with Gasteiger partial charge >= 0.3 is 0 Å². The Kier molecular flexibility index (Phi) is 3.86. The second kappa shape index (κ2) is 4.72. The van der Waals surface area contributed by atoms with E-state index in [1.54, 1.807) is 6.92 Å². The molecule has 1 heterocycles. The van der Waals surface area contributed by atoms with Crippen LogP contribution in [0.1, 0.15) is 19.8 Å². The normalized spacial score (nSPS) is 32.9. The molecule has 0 amide bonds. The number of carboxylic acids is 1. The zero-order chi connectivity index (χ0) is 10.6. The molecule has 0 aliphatic carbocycles. The van der Waals surface area contributed by atoms with Crippen molar-refractivity contribution in [3.05, 3.63) is 0 Å². The van der Waals surface area contributed by atoms with E-state index in [0.29, 0.717) is 26.2 Å². The fourth-order valence-corrected chi connectivity index (χ4v) is 1.58. The topological polar surface area (TPSA) is 86.2 Å². The van der Waals surface area contributed by atoms with Crippen LogP contribution in [0.5, 0.6) is 0 Å². The summed E-state index contributed by atoms with van der Waals surface area (Å²) in [6.45, 7) is 3.22. The lowest BCUT2D eigenvalue weighted by atomic mass is 9.91. The Morgan fingerprint density at radius 3 is 3.07 bits per heavy atom. The first-order valence-electron chi connectivity index (χ1n) is 4.85. The molecule has 2 atom stereocenters. The minimum Gasteiger partial charge on any atom is -0.550 e. The molecule has 5 heteroatoms. The molecule has 1 aliphatic rings. The predicted octanol–water partition coefficient (Wildman–Crippen LogP) is -2.77. The van der Waals surface area contributed by atoms with Gasteiger partial charge in [0, 0.05) is 25.4 Å². The molecule has 5 nitrogen and oxygen atoms in total. The molecule has 0 aromatic rings. The highest BCUT2D eigenvalue weighted by Crippen LogP contribution is 2.17. The van der Waals surface area contributed by atoms with Crippen LogP contribution in [0.3, 0.4) is 0 Å². The van der Waals surface area contributed by atoms with Gasteiger partial charge in [0.25, 0.3) is 0 Å². The van der Waals surface area contributed by atoms with Crippen LogP contribution in [-0.4, -0.2) is 42.5 Å². The van der Waals surface area contributed by atoms with E-state index in [9.17, 15) is 15.0 Å². The molecule has 0 spiro atoms. The summed E-state index contributed by atoms with van der Waals surface area (Å²) in [6, 6.07) is -0.0735. The van der Waals surface area contributed by atoms with Crippen molar-refractivity contribution in [2.75, 3.05) is 19.8 Å². The summed E-state index contributed by atoms with van der Waals surface area (Å²) in [5.74, 6) is -1.06. The van der Waals surface area contributed by atoms with Gasteiger partial charge in [-0.25, -0.2) is 0 Å². The van der Waals surface area contributed by atoms with Crippen LogP contribution < -0.4 is 10.4 Å². The van der Waals surface area contributed by atoms with Crippen molar-refractivity contribution in [1.29, 1.82) is 0 Å². The van der Waals surface area contributed by atoms with E-state index in [0.717, 1.165) is 0 Å². The first kappa shape index (κ1) is 11.4. The fourth-order valence-electron chi connectivity index (χ4n) is 1.58. The maximum absolute atomic E-state index is 10.2. The highest BCUT2D eigenvalue weighted by Gasteiger charge is 2.37. The Morgan fingerprint density at radius 2 is 2.50 bits per heavy atom. The first-order valence-corrected chi connectivity index (χ1v) is 4.85. The van der Waals surface area contributed by atoms with E-state index in [2.05, 4.69) is 0 Å². The molecule has 0 aromatic carbocycles. The van der Waals surface area contributed by atoms with Crippen LogP contribution in [-0.2, 0) is 9.53 Å². The van der Waals surface area contributed by atoms with Crippen molar-refractivity contribution in [2.24, 2.45) is 0 Å². The number of quaternary nitrogens is 1. The smallest absolute Gasteiger partial charge is 0.138 e. The van der Waals surface area contributed by atoms with Crippen molar-refractivity contribution in [3.8, 4) is 0 Å². The van der Waals surface area contributed by atoms with Crippen LogP contribution in [0.2, 0.25) is 0 Å². The summed E-state index contributed by atoms with van der Waals surface area (Å²) in [4.78, 5) is 10.2. The molecule has 0 aromatic heterocycles. The molecule has 82 valence electrons. The molecule has 1 saturated heterocycles. The zero-order valence-corrected chi connectivity index (χ0v) is 8.36. The Balaban J connectivity index is 2.31. The first-order chi connectivity index (χ1) is 6.52. The average Bonchev–Trinajstić information content (AvgIpc) is 2.07. The number of hydrogen-bond acceptors (Lipinski definition) is 4. The number of carboxylic acid groups (broad SMARTS) is 1. The van der Waals surface area contributed by atoms with E-state index in [1.807, 2.05) is 5.32 Å². The number of aliphatic hydroxyl groups is 1. The van der Waals surface area contributed by atoms with Crippen molar-refractivity contribution < 1.29 is 25.1 Å². The van der Waals surface area contributed by atoms with Crippen molar-refractivity contribution in [1.82, 2.24) is 0 Å². The van der Waals surface area contributed by atoms with Gasteiger partial charge in [0.15, 0.2) is 0 Å². The van der Waals surface area contributed by atoms with Gasteiger partial charge in [-0.15, -0.1) is 0 Å². The summed E-state index contributed by atoms with van der Waals surface area (Å²) in [6.07, 6.45) is 0.603. The van der Waals surface area contributed by atoms with Gasteiger partial charge in [-0.3, -0.25) is 0 Å². The standard InChI is InChI=1S/C9H17NO4/c1-9(13)3-5-14-6-7(9)10-4-2-8(11)12/h7,10,13H,2-6H2,1H3,(H,11,12)/t7-,9-/m0/s1. The second-order valence-corrected chi connectivity index (χ2v) is 3.93. The lowest BCUT2D eigenvalue weighted by Crippen LogP contribution is -2.96. The van der Waals surface area contributed by atoms with Crippen LogP contribution in [0.15, 0.2) is 0 Å². The van der Waals surface area contributed by atoms with Gasteiger partial charge in [0.1, 0.15) is 18.2 Å². The molecule has 0 unspecified atom stereocenters. The molecule has 1 rings (SSSR count). The van der Waals surface area contributed by atoms with E-state index in [4.69, 9.17) is 4.74 Å². The van der Waals surface area contributed by atoms with E-state index < -0.39 is 11.6 Å². The van der Waals surface area contributed by atoms with Gasteiger partial charge in [-0.1, -0.05) is 0 Å². The van der Waals surface area contributed by atoms with Gasteiger partial charge < -0.3 is 25.1 Å². The number of rotatable bonds is 4. The average molecular weight is 203 g/mol. The van der Waals surface area contributed by atoms with Gasteiger partial charge in [-0.2, -0.15) is 0 Å². The quantitative estimate of drug-likeness (QED) is 0.518. The number of ether oxygens (including phenoxy) is 1. The van der Waals surface area contributed by atoms with Gasteiger partial charge in [0.05, 0.1) is 6.54 Å².